The highest BCUT2D eigenvalue weighted by Gasteiger charge is 2.21. The van der Waals surface area contributed by atoms with Gasteiger partial charge in [-0.2, -0.15) is 0 Å². The van der Waals surface area contributed by atoms with Gasteiger partial charge in [0.2, 0.25) is 5.91 Å². The number of carbonyl (C=O) groups is 2. The quantitative estimate of drug-likeness (QED) is 0.661. The number of fused-ring (bicyclic) bond motifs is 1. The lowest BCUT2D eigenvalue weighted by Crippen LogP contribution is -2.34. The number of aliphatic carboxylic acids is 1. The topological polar surface area (TPSA) is 71.3 Å². The maximum atomic E-state index is 12.2. The zero-order chi connectivity index (χ0) is 17.8. The first-order valence-corrected chi connectivity index (χ1v) is 8.66. The number of aryl methyl sites for hydroxylation is 1. The Hall–Kier alpha value is -2.60. The monoisotopic (exact) mass is 400 g/mol. The van der Waals surface area contributed by atoms with Gasteiger partial charge in [-0.3, -0.25) is 4.79 Å². The maximum Gasteiger partial charge on any atom is 0.330 e. The van der Waals surface area contributed by atoms with Gasteiger partial charge in [-0.1, -0.05) is 52.3 Å². The van der Waals surface area contributed by atoms with Crippen LogP contribution in [-0.4, -0.2) is 21.6 Å². The first kappa shape index (κ1) is 17.2. The molecule has 0 fully saturated rings. The molecule has 1 heterocycles. The van der Waals surface area contributed by atoms with Gasteiger partial charge in [0.15, 0.2) is 6.04 Å². The van der Waals surface area contributed by atoms with Crippen LogP contribution in [0.25, 0.3) is 10.9 Å². The second-order valence-electron chi connectivity index (χ2n) is 5.68. The number of aromatic nitrogens is 1. The van der Waals surface area contributed by atoms with Crippen LogP contribution in [0, 0.1) is 0 Å². The summed E-state index contributed by atoms with van der Waals surface area (Å²) in [6, 6.07) is 15.5. The molecule has 128 valence electrons. The number of amides is 1. The predicted molar refractivity (Wildman–Crippen MR) is 99.2 cm³/mol. The highest BCUT2D eigenvalue weighted by Crippen LogP contribution is 2.24. The number of hydrogen-bond donors (Lipinski definition) is 2. The van der Waals surface area contributed by atoms with E-state index in [4.69, 9.17) is 0 Å². The van der Waals surface area contributed by atoms with Crippen molar-refractivity contribution in [3.05, 3.63) is 70.8 Å². The molecular weight excluding hydrogens is 384 g/mol. The van der Waals surface area contributed by atoms with Crippen LogP contribution in [0.1, 0.15) is 18.0 Å². The van der Waals surface area contributed by atoms with Gasteiger partial charge in [-0.05, 0) is 23.8 Å². The number of carboxylic acid groups (broad SMARTS) is 1. The Morgan fingerprint density at radius 3 is 2.56 bits per heavy atom. The molecule has 0 saturated carbocycles. The number of carbonyl (C=O) groups excluding carboxylic acids is 1. The minimum atomic E-state index is -1.07. The summed E-state index contributed by atoms with van der Waals surface area (Å²) < 4.78 is 2.99. The number of nitrogens with zero attached hydrogens (tertiary/aromatic N) is 1. The molecule has 0 aliphatic heterocycles. The van der Waals surface area contributed by atoms with Crippen LogP contribution in [0.2, 0.25) is 0 Å². The van der Waals surface area contributed by atoms with Gasteiger partial charge in [0, 0.05) is 34.5 Å². The SMILES string of the molecule is O=C(CCn1ccc2c(Br)cccc21)NC(C(=O)O)c1ccccc1. The number of rotatable bonds is 6. The van der Waals surface area contributed by atoms with Crippen molar-refractivity contribution in [3.63, 3.8) is 0 Å². The van der Waals surface area contributed by atoms with Gasteiger partial charge in [0.1, 0.15) is 0 Å². The lowest BCUT2D eigenvalue weighted by Gasteiger charge is -2.15. The average Bonchev–Trinajstić information content (AvgIpc) is 3.03. The van der Waals surface area contributed by atoms with Gasteiger partial charge < -0.3 is 15.0 Å². The van der Waals surface area contributed by atoms with E-state index in [2.05, 4.69) is 21.2 Å². The van der Waals surface area contributed by atoms with Crippen molar-refractivity contribution >= 4 is 38.7 Å². The molecule has 0 radical (unpaired) electrons. The fourth-order valence-corrected chi connectivity index (χ4v) is 3.26. The zero-order valence-electron chi connectivity index (χ0n) is 13.4. The summed E-state index contributed by atoms with van der Waals surface area (Å²) in [5.74, 6) is -1.37. The molecule has 1 amide bonds. The largest absolute Gasteiger partial charge is 0.479 e. The van der Waals surface area contributed by atoms with Gasteiger partial charge in [0.05, 0.1) is 0 Å². The van der Waals surface area contributed by atoms with Crippen LogP contribution < -0.4 is 5.32 Å². The third-order valence-corrected chi connectivity index (χ3v) is 4.72. The summed E-state index contributed by atoms with van der Waals surface area (Å²) in [4.78, 5) is 23.7. The van der Waals surface area contributed by atoms with Crippen LogP contribution >= 0.6 is 15.9 Å². The number of halogens is 1. The first-order chi connectivity index (χ1) is 12.1. The maximum absolute atomic E-state index is 12.2. The lowest BCUT2D eigenvalue weighted by molar-refractivity contribution is -0.142. The summed E-state index contributed by atoms with van der Waals surface area (Å²) in [5.41, 5.74) is 1.58. The second-order valence-corrected chi connectivity index (χ2v) is 6.54. The molecule has 0 aliphatic rings. The lowest BCUT2D eigenvalue weighted by atomic mass is 10.1. The molecule has 2 aromatic carbocycles. The third-order valence-electron chi connectivity index (χ3n) is 4.03. The number of hydrogen-bond acceptors (Lipinski definition) is 2. The molecule has 0 saturated heterocycles. The van der Waals surface area contributed by atoms with Crippen molar-refractivity contribution < 1.29 is 14.7 Å². The Morgan fingerprint density at radius 1 is 1.08 bits per heavy atom. The van der Waals surface area contributed by atoms with Crippen LogP contribution in [0.15, 0.2) is 65.3 Å². The van der Waals surface area contributed by atoms with E-state index in [1.165, 1.54) is 0 Å². The van der Waals surface area contributed by atoms with Crippen molar-refractivity contribution in [3.8, 4) is 0 Å². The number of nitrogens with one attached hydrogen (secondary N) is 1. The van der Waals surface area contributed by atoms with E-state index < -0.39 is 12.0 Å². The van der Waals surface area contributed by atoms with Crippen molar-refractivity contribution in [2.24, 2.45) is 0 Å². The molecule has 0 spiro atoms. The van der Waals surface area contributed by atoms with Gasteiger partial charge >= 0.3 is 5.97 Å². The summed E-state index contributed by atoms with van der Waals surface area (Å²) in [5, 5.41) is 13.0. The number of carboxylic acids is 1. The Bertz CT molecular complexity index is 905. The molecule has 5 nitrogen and oxygen atoms in total. The molecule has 6 heteroatoms. The summed E-state index contributed by atoms with van der Waals surface area (Å²) in [6.07, 6.45) is 2.13. The minimum Gasteiger partial charge on any atom is -0.479 e. The molecule has 1 unspecified atom stereocenters. The van der Waals surface area contributed by atoms with E-state index in [9.17, 15) is 14.7 Å². The van der Waals surface area contributed by atoms with E-state index >= 15 is 0 Å². The average molecular weight is 401 g/mol. The second kappa shape index (κ2) is 7.53. The van der Waals surface area contributed by atoms with Gasteiger partial charge in [0.25, 0.3) is 0 Å². The molecule has 25 heavy (non-hydrogen) atoms. The predicted octanol–water partition coefficient (Wildman–Crippen LogP) is 3.74. The van der Waals surface area contributed by atoms with Crippen LogP contribution in [0.5, 0.6) is 0 Å². The van der Waals surface area contributed by atoms with Crippen molar-refractivity contribution in [1.82, 2.24) is 9.88 Å². The standard InChI is InChI=1S/C19H17BrN2O3/c20-15-7-4-8-16-14(15)9-11-22(16)12-10-17(23)21-18(19(24)25)13-5-2-1-3-6-13/h1-9,11,18H,10,12H2,(H,21,23)(H,24,25). The molecule has 2 N–H and O–H groups in total. The van der Waals surface area contributed by atoms with E-state index in [1.807, 2.05) is 35.0 Å². The number of benzene rings is 2. The van der Waals surface area contributed by atoms with Gasteiger partial charge in [-0.25, -0.2) is 4.79 Å². The van der Waals surface area contributed by atoms with Gasteiger partial charge in [-0.15, -0.1) is 0 Å². The Balaban J connectivity index is 1.67. The smallest absolute Gasteiger partial charge is 0.330 e. The molecule has 3 aromatic rings. The highest BCUT2D eigenvalue weighted by atomic mass is 79.9. The Labute approximate surface area is 153 Å². The van der Waals surface area contributed by atoms with Crippen molar-refractivity contribution in [2.75, 3.05) is 0 Å². The van der Waals surface area contributed by atoms with Crippen molar-refractivity contribution in [2.45, 2.75) is 19.0 Å². The molecule has 0 aliphatic carbocycles. The zero-order valence-corrected chi connectivity index (χ0v) is 14.9. The first-order valence-electron chi connectivity index (χ1n) is 7.87. The van der Waals surface area contributed by atoms with E-state index in [1.54, 1.807) is 30.3 Å². The molecule has 1 aromatic heterocycles. The summed E-state index contributed by atoms with van der Waals surface area (Å²) >= 11 is 3.51. The minimum absolute atomic E-state index is 0.201. The molecule has 0 bridgehead atoms. The third kappa shape index (κ3) is 3.91. The fourth-order valence-electron chi connectivity index (χ4n) is 2.77. The van der Waals surface area contributed by atoms with Crippen molar-refractivity contribution in [1.29, 1.82) is 0 Å². The van der Waals surface area contributed by atoms with Crippen LogP contribution in [0.4, 0.5) is 0 Å². The molecule has 1 atom stereocenters. The fraction of sp³-hybridized carbons (Fsp3) is 0.158. The van der Waals surface area contributed by atoms with E-state index in [0.29, 0.717) is 12.1 Å². The van der Waals surface area contributed by atoms with E-state index in [0.717, 1.165) is 15.4 Å². The Kier molecular flexibility index (Phi) is 5.19. The van der Waals surface area contributed by atoms with E-state index in [-0.39, 0.29) is 12.3 Å². The highest BCUT2D eigenvalue weighted by molar-refractivity contribution is 9.10. The van der Waals surface area contributed by atoms with Crippen LogP contribution in [-0.2, 0) is 16.1 Å². The summed E-state index contributed by atoms with van der Waals surface area (Å²) in [6.45, 7) is 0.479. The Morgan fingerprint density at radius 2 is 1.84 bits per heavy atom. The molecular formula is C19H17BrN2O3. The van der Waals surface area contributed by atoms with Crippen LogP contribution in [0.3, 0.4) is 0 Å². The molecule has 3 rings (SSSR count). The summed E-state index contributed by atoms with van der Waals surface area (Å²) in [7, 11) is 0. The normalized spacial score (nSPS) is 12.0.